The van der Waals surface area contributed by atoms with E-state index in [1.807, 2.05) is 18.2 Å². The van der Waals surface area contributed by atoms with Crippen molar-refractivity contribution < 1.29 is 14.7 Å². The number of likely N-dealkylation sites (tertiary alicyclic amines) is 1. The molecule has 3 rings (SSSR count). The first-order valence-corrected chi connectivity index (χ1v) is 10.5. The van der Waals surface area contributed by atoms with E-state index in [0.717, 1.165) is 25.9 Å². The summed E-state index contributed by atoms with van der Waals surface area (Å²) >= 11 is 0. The summed E-state index contributed by atoms with van der Waals surface area (Å²) < 4.78 is 0. The maximum Gasteiger partial charge on any atom is 0.234 e. The molecule has 0 bridgehead atoms. The highest BCUT2D eigenvalue weighted by molar-refractivity contribution is 5.78. The first kappa shape index (κ1) is 20.8. The van der Waals surface area contributed by atoms with Crippen molar-refractivity contribution in [2.75, 3.05) is 26.2 Å². The second-order valence-corrected chi connectivity index (χ2v) is 8.36. The lowest BCUT2D eigenvalue weighted by atomic mass is 9.74. The van der Waals surface area contributed by atoms with Gasteiger partial charge in [0.25, 0.3) is 0 Å². The summed E-state index contributed by atoms with van der Waals surface area (Å²) in [6.07, 6.45) is 4.66. The standard InChI is InChI=1S/C22H33N3O3/c1-17(26)24-19-9-11-22(12-10-20(19)27,18-7-3-2-4-8-18)16-23-21(28)15-25-13-5-6-14-25/h2-4,7-8,19-20,27H,5-6,9-16H2,1H3,(H,23,28)(H,24,26)/t19-,20-,22-/m0/s1. The highest BCUT2D eigenvalue weighted by Crippen LogP contribution is 2.38. The van der Waals surface area contributed by atoms with E-state index in [0.29, 0.717) is 25.9 Å². The van der Waals surface area contributed by atoms with Gasteiger partial charge >= 0.3 is 0 Å². The lowest BCUT2D eigenvalue weighted by Gasteiger charge is -2.34. The molecular weight excluding hydrogens is 354 g/mol. The van der Waals surface area contributed by atoms with Gasteiger partial charge in [-0.3, -0.25) is 14.5 Å². The molecule has 1 aromatic rings. The van der Waals surface area contributed by atoms with Crippen molar-refractivity contribution in [2.45, 2.75) is 63.0 Å². The molecule has 2 amide bonds. The minimum absolute atomic E-state index is 0.0698. The molecule has 0 radical (unpaired) electrons. The summed E-state index contributed by atoms with van der Waals surface area (Å²) in [5.41, 5.74) is 0.961. The molecule has 2 aliphatic rings. The van der Waals surface area contributed by atoms with Crippen molar-refractivity contribution >= 4 is 11.8 Å². The van der Waals surface area contributed by atoms with Crippen LogP contribution < -0.4 is 10.6 Å². The van der Waals surface area contributed by atoms with Crippen molar-refractivity contribution in [1.82, 2.24) is 15.5 Å². The van der Waals surface area contributed by atoms with E-state index in [9.17, 15) is 14.7 Å². The molecule has 1 heterocycles. The molecular formula is C22H33N3O3. The molecule has 1 aliphatic heterocycles. The number of carbonyl (C=O) groups is 2. The Balaban J connectivity index is 1.71. The van der Waals surface area contributed by atoms with Crippen molar-refractivity contribution in [3.8, 4) is 0 Å². The van der Waals surface area contributed by atoms with Gasteiger partial charge in [-0.05, 0) is 57.2 Å². The van der Waals surface area contributed by atoms with Gasteiger partial charge in [0.1, 0.15) is 0 Å². The Labute approximate surface area is 167 Å². The third kappa shape index (κ3) is 5.32. The molecule has 0 aromatic heterocycles. The number of hydrogen-bond donors (Lipinski definition) is 3. The minimum Gasteiger partial charge on any atom is -0.391 e. The fourth-order valence-electron chi connectivity index (χ4n) is 4.63. The average Bonchev–Trinajstić information content (AvgIpc) is 3.14. The number of hydrogen-bond acceptors (Lipinski definition) is 4. The molecule has 0 unspecified atom stereocenters. The first-order chi connectivity index (χ1) is 13.5. The predicted molar refractivity (Wildman–Crippen MR) is 109 cm³/mol. The SMILES string of the molecule is CC(=O)N[C@H]1CC[C@](CNC(=O)CN2CCCC2)(c2ccccc2)CC[C@@H]1O. The zero-order chi connectivity index (χ0) is 20.0. The Bertz CT molecular complexity index is 660. The van der Waals surface area contributed by atoms with Gasteiger partial charge in [-0.1, -0.05) is 30.3 Å². The number of nitrogens with zero attached hydrogens (tertiary/aromatic N) is 1. The van der Waals surface area contributed by atoms with Gasteiger partial charge < -0.3 is 15.7 Å². The Kier molecular flexibility index (Phi) is 7.08. The number of amides is 2. The van der Waals surface area contributed by atoms with Crippen LogP contribution in [0.4, 0.5) is 0 Å². The van der Waals surface area contributed by atoms with E-state index in [2.05, 4.69) is 27.7 Å². The molecule has 1 aromatic carbocycles. The largest absolute Gasteiger partial charge is 0.391 e. The highest BCUT2D eigenvalue weighted by atomic mass is 16.3. The van der Waals surface area contributed by atoms with Crippen LogP contribution in [0.5, 0.6) is 0 Å². The third-order valence-electron chi connectivity index (χ3n) is 6.28. The summed E-state index contributed by atoms with van der Waals surface area (Å²) in [5, 5.41) is 16.6. The quantitative estimate of drug-likeness (QED) is 0.648. The van der Waals surface area contributed by atoms with Crippen LogP contribution in [0.1, 0.15) is 51.0 Å². The maximum absolute atomic E-state index is 12.5. The van der Waals surface area contributed by atoms with E-state index in [1.54, 1.807) is 0 Å². The molecule has 3 atom stereocenters. The lowest BCUT2D eigenvalue weighted by molar-refractivity contribution is -0.122. The Morgan fingerprint density at radius 2 is 1.82 bits per heavy atom. The maximum atomic E-state index is 12.5. The van der Waals surface area contributed by atoms with E-state index in [-0.39, 0.29) is 23.3 Å². The molecule has 6 nitrogen and oxygen atoms in total. The molecule has 1 aliphatic carbocycles. The van der Waals surface area contributed by atoms with Crippen LogP contribution in [0.15, 0.2) is 30.3 Å². The summed E-state index contributed by atoms with van der Waals surface area (Å²) in [4.78, 5) is 26.2. The molecule has 1 saturated heterocycles. The lowest BCUT2D eigenvalue weighted by Crippen LogP contribution is -2.44. The van der Waals surface area contributed by atoms with Gasteiger partial charge in [0.15, 0.2) is 0 Å². The van der Waals surface area contributed by atoms with Crippen LogP contribution in [0.2, 0.25) is 0 Å². The minimum atomic E-state index is -0.560. The number of carbonyl (C=O) groups excluding carboxylic acids is 2. The van der Waals surface area contributed by atoms with E-state index in [1.165, 1.54) is 25.3 Å². The third-order valence-corrected chi connectivity index (χ3v) is 6.28. The van der Waals surface area contributed by atoms with Crippen LogP contribution >= 0.6 is 0 Å². The molecule has 3 N–H and O–H groups in total. The van der Waals surface area contributed by atoms with Crippen LogP contribution in [0.3, 0.4) is 0 Å². The normalized spacial score (nSPS) is 28.5. The summed E-state index contributed by atoms with van der Waals surface area (Å²) in [6, 6.07) is 10.0. The van der Waals surface area contributed by atoms with Gasteiger partial charge in [-0.15, -0.1) is 0 Å². The molecule has 2 fully saturated rings. The number of aliphatic hydroxyl groups is 1. The summed E-state index contributed by atoms with van der Waals surface area (Å²) in [5.74, 6) is -0.0458. The monoisotopic (exact) mass is 387 g/mol. The van der Waals surface area contributed by atoms with Crippen molar-refractivity contribution in [2.24, 2.45) is 0 Å². The molecule has 6 heteroatoms. The number of benzene rings is 1. The smallest absolute Gasteiger partial charge is 0.234 e. The first-order valence-electron chi connectivity index (χ1n) is 10.5. The number of aliphatic hydroxyl groups excluding tert-OH is 1. The fraction of sp³-hybridized carbons (Fsp3) is 0.636. The summed E-state index contributed by atoms with van der Waals surface area (Å²) in [7, 11) is 0. The van der Waals surface area contributed by atoms with Crippen molar-refractivity contribution in [1.29, 1.82) is 0 Å². The second-order valence-electron chi connectivity index (χ2n) is 8.36. The zero-order valence-corrected chi connectivity index (χ0v) is 16.8. The zero-order valence-electron chi connectivity index (χ0n) is 16.8. The Morgan fingerprint density at radius 3 is 2.50 bits per heavy atom. The highest BCUT2D eigenvalue weighted by Gasteiger charge is 2.38. The Hall–Kier alpha value is -1.92. The van der Waals surface area contributed by atoms with E-state index >= 15 is 0 Å². The van der Waals surface area contributed by atoms with E-state index in [4.69, 9.17) is 0 Å². The van der Waals surface area contributed by atoms with Crippen LogP contribution in [0.25, 0.3) is 0 Å². The van der Waals surface area contributed by atoms with Crippen LogP contribution in [-0.2, 0) is 15.0 Å². The molecule has 0 spiro atoms. The topological polar surface area (TPSA) is 81.7 Å². The molecule has 1 saturated carbocycles. The molecule has 154 valence electrons. The van der Waals surface area contributed by atoms with Crippen molar-refractivity contribution in [3.63, 3.8) is 0 Å². The predicted octanol–water partition coefficient (Wildman–Crippen LogP) is 1.58. The van der Waals surface area contributed by atoms with Gasteiger partial charge in [-0.25, -0.2) is 0 Å². The second kappa shape index (κ2) is 9.52. The fourth-order valence-corrected chi connectivity index (χ4v) is 4.63. The van der Waals surface area contributed by atoms with Gasteiger partial charge in [0.2, 0.25) is 11.8 Å². The van der Waals surface area contributed by atoms with E-state index < -0.39 is 6.10 Å². The average molecular weight is 388 g/mol. The Morgan fingerprint density at radius 1 is 1.14 bits per heavy atom. The number of nitrogens with one attached hydrogen (secondary N) is 2. The van der Waals surface area contributed by atoms with Crippen LogP contribution in [-0.4, -0.2) is 60.1 Å². The van der Waals surface area contributed by atoms with Crippen molar-refractivity contribution in [3.05, 3.63) is 35.9 Å². The van der Waals surface area contributed by atoms with Crippen LogP contribution in [0, 0.1) is 0 Å². The van der Waals surface area contributed by atoms with Gasteiger partial charge in [-0.2, -0.15) is 0 Å². The van der Waals surface area contributed by atoms with Gasteiger partial charge in [0.05, 0.1) is 18.7 Å². The number of rotatable bonds is 6. The van der Waals surface area contributed by atoms with Gasteiger partial charge in [0, 0.05) is 18.9 Å². The molecule has 28 heavy (non-hydrogen) atoms. The summed E-state index contributed by atoms with van der Waals surface area (Å²) in [6.45, 7) is 4.51.